The average molecular weight is 302 g/mol. The van der Waals surface area contributed by atoms with E-state index < -0.39 is 12.2 Å². The summed E-state index contributed by atoms with van der Waals surface area (Å²) >= 11 is 3.33. The van der Waals surface area contributed by atoms with E-state index in [1.165, 1.54) is 0 Å². The molecule has 3 N–H and O–H groups in total. The number of fused-ring (bicyclic) bond motifs is 1. The van der Waals surface area contributed by atoms with E-state index in [9.17, 15) is 9.90 Å². The van der Waals surface area contributed by atoms with Gasteiger partial charge in [-0.1, -0.05) is 15.9 Å². The molecule has 0 saturated carbocycles. The molecule has 0 aromatic heterocycles. The van der Waals surface area contributed by atoms with E-state index in [0.717, 1.165) is 10.0 Å². The largest absolute Gasteiger partial charge is 0.488 e. The van der Waals surface area contributed by atoms with Crippen LogP contribution in [0.1, 0.15) is 18.1 Å². The van der Waals surface area contributed by atoms with E-state index in [2.05, 4.69) is 21.2 Å². The van der Waals surface area contributed by atoms with Gasteiger partial charge in [-0.25, -0.2) is 4.79 Å². The highest BCUT2D eigenvalue weighted by molar-refractivity contribution is 9.10. The van der Waals surface area contributed by atoms with E-state index in [1.807, 2.05) is 6.07 Å². The molecule has 17 heavy (non-hydrogen) atoms. The maximum Gasteiger partial charge on any atom is 0.404 e. The number of aliphatic hydroxyl groups excluding tert-OH is 1. The van der Waals surface area contributed by atoms with Crippen molar-refractivity contribution in [1.82, 2.24) is 5.32 Å². The highest BCUT2D eigenvalue weighted by atomic mass is 79.9. The van der Waals surface area contributed by atoms with Gasteiger partial charge >= 0.3 is 6.09 Å². The zero-order valence-corrected chi connectivity index (χ0v) is 10.5. The van der Waals surface area contributed by atoms with Crippen molar-refractivity contribution >= 4 is 22.0 Å². The third kappa shape index (κ3) is 2.89. The normalized spacial score (nSPS) is 22.5. The van der Waals surface area contributed by atoms with Crippen molar-refractivity contribution in [3.8, 4) is 5.75 Å². The van der Waals surface area contributed by atoms with Gasteiger partial charge in [0.05, 0.1) is 12.6 Å². The van der Waals surface area contributed by atoms with Gasteiger partial charge < -0.3 is 20.3 Å². The fourth-order valence-electron chi connectivity index (χ4n) is 1.82. The molecule has 6 heteroatoms. The second-order valence-corrected chi connectivity index (χ2v) is 4.78. The first-order valence-corrected chi connectivity index (χ1v) is 5.96. The van der Waals surface area contributed by atoms with E-state index in [4.69, 9.17) is 9.84 Å². The maximum atomic E-state index is 10.4. The van der Waals surface area contributed by atoms with Crippen LogP contribution < -0.4 is 10.1 Å². The molecule has 1 heterocycles. The Balaban J connectivity index is 2.10. The first-order valence-electron chi connectivity index (χ1n) is 5.17. The molecule has 0 saturated heterocycles. The van der Waals surface area contributed by atoms with Crippen LogP contribution in [-0.2, 0) is 0 Å². The Labute approximate surface area is 107 Å². The van der Waals surface area contributed by atoms with Crippen molar-refractivity contribution < 1.29 is 19.7 Å². The Morgan fingerprint density at radius 3 is 3.06 bits per heavy atom. The van der Waals surface area contributed by atoms with Gasteiger partial charge in [-0.05, 0) is 18.2 Å². The van der Waals surface area contributed by atoms with Crippen molar-refractivity contribution in [1.29, 1.82) is 0 Å². The molecule has 1 aromatic rings. The van der Waals surface area contributed by atoms with Gasteiger partial charge in [0, 0.05) is 16.5 Å². The molecule has 0 radical (unpaired) electrons. The number of rotatable bonds is 2. The standard InChI is InChI=1S/C11H12BrNO4/c12-6-1-2-10-8(3-6)9(14)4-7(17-10)5-13-11(15)16/h1-3,7,9,13-14H,4-5H2,(H,15,16). The zero-order chi connectivity index (χ0) is 12.4. The summed E-state index contributed by atoms with van der Waals surface area (Å²) in [5, 5.41) is 20.7. The summed E-state index contributed by atoms with van der Waals surface area (Å²) < 4.78 is 6.48. The molecule has 1 aliphatic heterocycles. The Kier molecular flexibility index (Phi) is 3.54. The second kappa shape index (κ2) is 4.93. The summed E-state index contributed by atoms with van der Waals surface area (Å²) in [5.41, 5.74) is 0.728. The van der Waals surface area contributed by atoms with E-state index in [0.29, 0.717) is 12.2 Å². The summed E-state index contributed by atoms with van der Waals surface area (Å²) in [6.45, 7) is 0.169. The summed E-state index contributed by atoms with van der Waals surface area (Å²) in [5.74, 6) is 0.601. The zero-order valence-electron chi connectivity index (χ0n) is 8.89. The van der Waals surface area contributed by atoms with Crippen molar-refractivity contribution in [3.63, 3.8) is 0 Å². The van der Waals surface area contributed by atoms with E-state index in [1.54, 1.807) is 12.1 Å². The minimum atomic E-state index is -1.09. The van der Waals surface area contributed by atoms with Crippen molar-refractivity contribution in [3.05, 3.63) is 28.2 Å². The predicted octanol–water partition coefficient (Wildman–Crippen LogP) is 1.90. The highest BCUT2D eigenvalue weighted by Gasteiger charge is 2.27. The number of amides is 1. The Hall–Kier alpha value is -1.27. The number of benzene rings is 1. The Morgan fingerprint density at radius 1 is 1.59 bits per heavy atom. The number of hydrogen-bond donors (Lipinski definition) is 3. The van der Waals surface area contributed by atoms with Crippen molar-refractivity contribution in [2.75, 3.05) is 6.54 Å². The van der Waals surface area contributed by atoms with Crippen LogP contribution in [0.25, 0.3) is 0 Å². The van der Waals surface area contributed by atoms with E-state index >= 15 is 0 Å². The van der Waals surface area contributed by atoms with Crippen LogP contribution in [0.5, 0.6) is 5.75 Å². The maximum absolute atomic E-state index is 10.4. The minimum absolute atomic E-state index is 0.169. The number of carboxylic acid groups (broad SMARTS) is 1. The van der Waals surface area contributed by atoms with E-state index in [-0.39, 0.29) is 12.6 Å². The number of ether oxygens (including phenoxy) is 1. The van der Waals surface area contributed by atoms with Crippen LogP contribution in [-0.4, -0.2) is 29.0 Å². The van der Waals surface area contributed by atoms with Crippen LogP contribution in [0.2, 0.25) is 0 Å². The number of hydrogen-bond acceptors (Lipinski definition) is 3. The molecular weight excluding hydrogens is 290 g/mol. The van der Waals surface area contributed by atoms with Crippen LogP contribution in [0, 0.1) is 0 Å². The molecule has 1 aliphatic rings. The summed E-state index contributed by atoms with van der Waals surface area (Å²) in [6, 6.07) is 5.38. The molecule has 2 rings (SSSR count). The van der Waals surface area contributed by atoms with Crippen molar-refractivity contribution in [2.45, 2.75) is 18.6 Å². The predicted molar refractivity (Wildman–Crippen MR) is 64.2 cm³/mol. The van der Waals surface area contributed by atoms with Gasteiger partial charge in [0.15, 0.2) is 0 Å². The first kappa shape index (κ1) is 12.2. The van der Waals surface area contributed by atoms with Gasteiger partial charge in [-0.2, -0.15) is 0 Å². The molecule has 0 aliphatic carbocycles. The topological polar surface area (TPSA) is 78.8 Å². The van der Waals surface area contributed by atoms with Gasteiger partial charge in [0.2, 0.25) is 0 Å². The van der Waals surface area contributed by atoms with Crippen molar-refractivity contribution in [2.24, 2.45) is 0 Å². The number of nitrogens with one attached hydrogen (secondary N) is 1. The van der Waals surface area contributed by atoms with Crippen LogP contribution in [0.4, 0.5) is 4.79 Å². The molecule has 0 spiro atoms. The monoisotopic (exact) mass is 301 g/mol. The van der Waals surface area contributed by atoms with Gasteiger partial charge in [0.25, 0.3) is 0 Å². The molecular formula is C11H12BrNO4. The minimum Gasteiger partial charge on any atom is -0.488 e. The second-order valence-electron chi connectivity index (χ2n) is 3.86. The molecule has 0 bridgehead atoms. The Bertz CT molecular complexity index is 437. The van der Waals surface area contributed by atoms with Gasteiger partial charge in [-0.15, -0.1) is 0 Å². The molecule has 5 nitrogen and oxygen atoms in total. The van der Waals surface area contributed by atoms with Gasteiger partial charge in [-0.3, -0.25) is 0 Å². The third-order valence-electron chi connectivity index (χ3n) is 2.59. The molecule has 2 unspecified atom stereocenters. The lowest BCUT2D eigenvalue weighted by molar-refractivity contribution is 0.0654. The highest BCUT2D eigenvalue weighted by Crippen LogP contribution is 2.36. The lowest BCUT2D eigenvalue weighted by atomic mass is 9.99. The number of aliphatic hydroxyl groups is 1. The third-order valence-corrected chi connectivity index (χ3v) is 3.08. The fraction of sp³-hybridized carbons (Fsp3) is 0.364. The summed E-state index contributed by atoms with van der Waals surface area (Å²) in [6.07, 6.45) is -1.68. The smallest absolute Gasteiger partial charge is 0.404 e. The number of halogens is 1. The lowest BCUT2D eigenvalue weighted by Crippen LogP contribution is -2.37. The molecule has 0 fully saturated rings. The molecule has 1 aromatic carbocycles. The molecule has 92 valence electrons. The SMILES string of the molecule is O=C(O)NCC1CC(O)c2cc(Br)ccc2O1. The lowest BCUT2D eigenvalue weighted by Gasteiger charge is -2.29. The fourth-order valence-corrected chi connectivity index (χ4v) is 2.20. The first-order chi connectivity index (χ1) is 8.06. The summed E-state index contributed by atoms with van der Waals surface area (Å²) in [7, 11) is 0. The van der Waals surface area contributed by atoms with Crippen LogP contribution in [0.3, 0.4) is 0 Å². The van der Waals surface area contributed by atoms with Crippen LogP contribution in [0.15, 0.2) is 22.7 Å². The molecule has 1 amide bonds. The Morgan fingerprint density at radius 2 is 2.35 bits per heavy atom. The van der Waals surface area contributed by atoms with Crippen LogP contribution >= 0.6 is 15.9 Å². The van der Waals surface area contributed by atoms with Gasteiger partial charge in [0.1, 0.15) is 11.9 Å². The summed E-state index contributed by atoms with van der Waals surface area (Å²) in [4.78, 5) is 10.4. The number of carbonyl (C=O) groups is 1. The molecule has 2 atom stereocenters. The quantitative estimate of drug-likeness (QED) is 0.779. The average Bonchev–Trinajstić information content (AvgIpc) is 2.27.